The first-order valence-corrected chi connectivity index (χ1v) is 6.19. The lowest BCUT2D eigenvalue weighted by atomic mass is 9.99. The van der Waals surface area contributed by atoms with Gasteiger partial charge in [0.25, 0.3) is 0 Å². The second kappa shape index (κ2) is 6.01. The molecule has 0 aromatic heterocycles. The van der Waals surface area contributed by atoms with Gasteiger partial charge in [0, 0.05) is 13.0 Å². The van der Waals surface area contributed by atoms with Crippen LogP contribution in [0.2, 0.25) is 0 Å². The molecule has 1 aliphatic rings. The second-order valence-corrected chi connectivity index (χ2v) is 4.59. The van der Waals surface area contributed by atoms with Crippen molar-refractivity contribution >= 4 is 11.8 Å². The van der Waals surface area contributed by atoms with Crippen molar-refractivity contribution in [1.29, 1.82) is 5.26 Å². The Kier molecular flexibility index (Phi) is 4.14. The second-order valence-electron chi connectivity index (χ2n) is 4.59. The van der Waals surface area contributed by atoms with Gasteiger partial charge in [-0.25, -0.2) is 0 Å². The minimum absolute atomic E-state index is 0.0677. The van der Waals surface area contributed by atoms with Crippen LogP contribution in [0, 0.1) is 17.2 Å². The van der Waals surface area contributed by atoms with Gasteiger partial charge in [-0.2, -0.15) is 5.26 Å². The molecule has 0 aliphatic carbocycles. The first-order valence-electron chi connectivity index (χ1n) is 6.19. The molecule has 1 aliphatic heterocycles. The third kappa shape index (κ3) is 3.55. The van der Waals surface area contributed by atoms with Crippen LogP contribution in [0.25, 0.3) is 0 Å². The van der Waals surface area contributed by atoms with Crippen molar-refractivity contribution < 1.29 is 9.59 Å². The quantitative estimate of drug-likeness (QED) is 0.817. The Morgan fingerprint density at radius 2 is 2.21 bits per heavy atom. The number of carbonyl (C=O) groups excluding carboxylic acids is 2. The van der Waals surface area contributed by atoms with E-state index in [1.165, 1.54) is 0 Å². The van der Waals surface area contributed by atoms with E-state index in [2.05, 4.69) is 10.6 Å². The van der Waals surface area contributed by atoms with Crippen LogP contribution in [0.15, 0.2) is 30.3 Å². The molecule has 2 rings (SSSR count). The van der Waals surface area contributed by atoms with Gasteiger partial charge in [-0.05, 0) is 12.0 Å². The van der Waals surface area contributed by atoms with Gasteiger partial charge >= 0.3 is 0 Å². The van der Waals surface area contributed by atoms with E-state index in [0.717, 1.165) is 5.56 Å². The van der Waals surface area contributed by atoms with Crippen LogP contribution >= 0.6 is 0 Å². The average Bonchev–Trinajstić information content (AvgIpc) is 2.82. The smallest absolute Gasteiger partial charge is 0.237 e. The summed E-state index contributed by atoms with van der Waals surface area (Å²) in [6.45, 7) is 0.439. The minimum atomic E-state index is -0.724. The number of carbonyl (C=O) groups is 2. The first kappa shape index (κ1) is 13.1. The van der Waals surface area contributed by atoms with E-state index >= 15 is 0 Å². The predicted molar refractivity (Wildman–Crippen MR) is 68.8 cm³/mol. The fourth-order valence-corrected chi connectivity index (χ4v) is 2.06. The van der Waals surface area contributed by atoms with Crippen molar-refractivity contribution in [3.8, 4) is 6.07 Å². The molecule has 98 valence electrons. The highest BCUT2D eigenvalue weighted by Gasteiger charge is 2.26. The number of nitriles is 1. The molecule has 0 saturated carbocycles. The lowest BCUT2D eigenvalue weighted by Crippen LogP contribution is -2.40. The van der Waals surface area contributed by atoms with E-state index < -0.39 is 5.92 Å². The highest BCUT2D eigenvalue weighted by Crippen LogP contribution is 2.09. The van der Waals surface area contributed by atoms with E-state index in [1.807, 2.05) is 36.4 Å². The zero-order valence-electron chi connectivity index (χ0n) is 10.4. The zero-order chi connectivity index (χ0) is 13.7. The van der Waals surface area contributed by atoms with E-state index in [1.54, 1.807) is 0 Å². The maximum Gasteiger partial charge on any atom is 0.237 e. The summed E-state index contributed by atoms with van der Waals surface area (Å²) >= 11 is 0. The van der Waals surface area contributed by atoms with Crippen molar-refractivity contribution in [2.24, 2.45) is 5.92 Å². The summed E-state index contributed by atoms with van der Waals surface area (Å²) in [5.74, 6) is -1.10. The van der Waals surface area contributed by atoms with Gasteiger partial charge in [-0.15, -0.1) is 0 Å². The van der Waals surface area contributed by atoms with Crippen LogP contribution in [0.5, 0.6) is 0 Å². The molecule has 5 heteroatoms. The van der Waals surface area contributed by atoms with E-state index in [-0.39, 0.29) is 24.3 Å². The Morgan fingerprint density at radius 1 is 1.47 bits per heavy atom. The predicted octanol–water partition coefficient (Wildman–Crippen LogP) is 0.374. The molecule has 5 nitrogen and oxygen atoms in total. The number of rotatable bonds is 4. The molecular formula is C14H15N3O2. The number of hydrogen-bond acceptors (Lipinski definition) is 3. The summed E-state index contributed by atoms with van der Waals surface area (Å²) in [7, 11) is 0. The average molecular weight is 257 g/mol. The Bertz CT molecular complexity index is 507. The topological polar surface area (TPSA) is 82.0 Å². The molecule has 2 N–H and O–H groups in total. The molecule has 0 spiro atoms. The van der Waals surface area contributed by atoms with Crippen LogP contribution < -0.4 is 10.6 Å². The Balaban J connectivity index is 1.92. The molecule has 2 amide bonds. The fourth-order valence-electron chi connectivity index (χ4n) is 2.06. The van der Waals surface area contributed by atoms with Crippen LogP contribution in [-0.2, 0) is 16.0 Å². The summed E-state index contributed by atoms with van der Waals surface area (Å²) in [5.41, 5.74) is 0.949. The summed E-state index contributed by atoms with van der Waals surface area (Å²) in [4.78, 5) is 23.0. The third-order valence-corrected chi connectivity index (χ3v) is 3.08. The number of nitrogens with zero attached hydrogens (tertiary/aromatic N) is 1. The number of nitrogens with one attached hydrogen (secondary N) is 2. The van der Waals surface area contributed by atoms with Crippen molar-refractivity contribution in [3.05, 3.63) is 35.9 Å². The molecule has 1 fully saturated rings. The van der Waals surface area contributed by atoms with Crippen LogP contribution in [0.1, 0.15) is 12.0 Å². The molecule has 2 atom stereocenters. The Morgan fingerprint density at radius 3 is 2.79 bits per heavy atom. The molecular weight excluding hydrogens is 242 g/mol. The minimum Gasteiger partial charge on any atom is -0.354 e. The van der Waals surface area contributed by atoms with Gasteiger partial charge in [0.05, 0.1) is 12.1 Å². The number of amides is 2. The van der Waals surface area contributed by atoms with Gasteiger partial charge in [0.15, 0.2) is 0 Å². The molecule has 2 unspecified atom stereocenters. The van der Waals surface area contributed by atoms with E-state index in [0.29, 0.717) is 13.0 Å². The summed E-state index contributed by atoms with van der Waals surface area (Å²) in [6.07, 6.45) is 0.673. The molecule has 0 radical (unpaired) electrons. The first-order chi connectivity index (χ1) is 9.19. The van der Waals surface area contributed by atoms with Crippen molar-refractivity contribution in [3.63, 3.8) is 0 Å². The van der Waals surface area contributed by atoms with Gasteiger partial charge < -0.3 is 10.6 Å². The van der Waals surface area contributed by atoms with Gasteiger partial charge in [-0.3, -0.25) is 9.59 Å². The van der Waals surface area contributed by atoms with Crippen molar-refractivity contribution in [1.82, 2.24) is 10.6 Å². The number of benzene rings is 1. The van der Waals surface area contributed by atoms with Crippen molar-refractivity contribution in [2.75, 3.05) is 6.54 Å². The molecule has 1 aromatic rings. The summed E-state index contributed by atoms with van der Waals surface area (Å²) < 4.78 is 0. The Hall–Kier alpha value is -2.35. The van der Waals surface area contributed by atoms with Gasteiger partial charge in [0.2, 0.25) is 11.8 Å². The lowest BCUT2D eigenvalue weighted by molar-refractivity contribution is -0.124. The Labute approximate surface area is 111 Å². The monoisotopic (exact) mass is 257 g/mol. The highest BCUT2D eigenvalue weighted by atomic mass is 16.2. The van der Waals surface area contributed by atoms with Crippen LogP contribution in [0.3, 0.4) is 0 Å². The molecule has 1 saturated heterocycles. The fraction of sp³-hybridized carbons (Fsp3) is 0.357. The molecule has 0 bridgehead atoms. The standard InChI is InChI=1S/C14H15N3O2/c15-8-11(6-10-4-2-1-3-5-10)14(19)17-12-7-13(18)16-9-12/h1-5,11-12H,6-7,9H2,(H,16,18)(H,17,19). The molecule has 19 heavy (non-hydrogen) atoms. The lowest BCUT2D eigenvalue weighted by Gasteiger charge is -2.14. The highest BCUT2D eigenvalue weighted by molar-refractivity contribution is 5.84. The largest absolute Gasteiger partial charge is 0.354 e. The van der Waals surface area contributed by atoms with Gasteiger partial charge in [-0.1, -0.05) is 30.3 Å². The summed E-state index contributed by atoms with van der Waals surface area (Å²) in [6, 6.07) is 11.2. The SMILES string of the molecule is N#CC(Cc1ccccc1)C(=O)NC1CNC(=O)C1. The zero-order valence-corrected chi connectivity index (χ0v) is 10.4. The molecule has 1 heterocycles. The maximum absolute atomic E-state index is 12.0. The van der Waals surface area contributed by atoms with Crippen LogP contribution in [0.4, 0.5) is 0 Å². The van der Waals surface area contributed by atoms with Crippen molar-refractivity contribution in [2.45, 2.75) is 18.9 Å². The van der Waals surface area contributed by atoms with Crippen LogP contribution in [-0.4, -0.2) is 24.4 Å². The number of hydrogen-bond donors (Lipinski definition) is 2. The maximum atomic E-state index is 12.0. The van der Waals surface area contributed by atoms with Gasteiger partial charge in [0.1, 0.15) is 5.92 Å². The normalized spacial score (nSPS) is 19.3. The third-order valence-electron chi connectivity index (χ3n) is 3.08. The van der Waals surface area contributed by atoms with E-state index in [9.17, 15) is 9.59 Å². The summed E-state index contributed by atoms with van der Waals surface area (Å²) in [5, 5.41) is 14.5. The van der Waals surface area contributed by atoms with E-state index in [4.69, 9.17) is 5.26 Å². The molecule has 1 aromatic carbocycles.